The number of para-hydroxylation sites is 1. The molecular formula is C22H12Cl4N2O. The van der Waals surface area contributed by atoms with Gasteiger partial charge in [0.15, 0.2) is 0 Å². The molecule has 0 aliphatic carbocycles. The maximum atomic E-state index is 13.1. The Morgan fingerprint density at radius 3 is 2.24 bits per heavy atom. The van der Waals surface area contributed by atoms with Crippen LogP contribution in [0.4, 0.5) is 5.69 Å². The van der Waals surface area contributed by atoms with Crippen molar-refractivity contribution in [3.05, 3.63) is 92.4 Å². The van der Waals surface area contributed by atoms with Gasteiger partial charge in [-0.1, -0.05) is 82.8 Å². The fraction of sp³-hybridized carbons (Fsp3) is 0. The van der Waals surface area contributed by atoms with Crippen LogP contribution in [0.2, 0.25) is 20.1 Å². The Hall–Kier alpha value is -2.30. The van der Waals surface area contributed by atoms with E-state index in [1.165, 1.54) is 12.1 Å². The van der Waals surface area contributed by atoms with Crippen molar-refractivity contribution in [2.45, 2.75) is 0 Å². The van der Waals surface area contributed by atoms with Crippen LogP contribution in [0.1, 0.15) is 10.4 Å². The van der Waals surface area contributed by atoms with Crippen LogP contribution in [0.3, 0.4) is 0 Å². The third-order valence-corrected chi connectivity index (χ3v) is 5.73. The Morgan fingerprint density at radius 2 is 1.45 bits per heavy atom. The molecule has 1 heterocycles. The first-order chi connectivity index (χ1) is 13.9. The highest BCUT2D eigenvalue weighted by atomic mass is 35.5. The molecule has 0 unspecified atom stereocenters. The zero-order valence-electron chi connectivity index (χ0n) is 14.7. The summed E-state index contributed by atoms with van der Waals surface area (Å²) in [6.45, 7) is 0. The number of aromatic nitrogens is 1. The number of carbonyl (C=O) groups is 1. The lowest BCUT2D eigenvalue weighted by Gasteiger charge is -2.12. The molecule has 0 spiro atoms. The monoisotopic (exact) mass is 460 g/mol. The number of fused-ring (bicyclic) bond motifs is 1. The summed E-state index contributed by atoms with van der Waals surface area (Å²) in [4.78, 5) is 17.8. The molecule has 144 valence electrons. The Balaban J connectivity index is 1.83. The fourth-order valence-electron chi connectivity index (χ4n) is 2.98. The predicted molar refractivity (Wildman–Crippen MR) is 122 cm³/mol. The molecule has 4 aromatic rings. The second kappa shape index (κ2) is 8.21. The van der Waals surface area contributed by atoms with Crippen molar-refractivity contribution in [2.75, 3.05) is 5.32 Å². The Bertz CT molecular complexity index is 1260. The molecule has 4 rings (SSSR count). The molecule has 1 N–H and O–H groups in total. The first-order valence-corrected chi connectivity index (χ1v) is 10.1. The van der Waals surface area contributed by atoms with Gasteiger partial charge < -0.3 is 5.32 Å². The summed E-state index contributed by atoms with van der Waals surface area (Å²) in [5.41, 5.74) is 2.82. The Labute approximate surface area is 187 Å². The van der Waals surface area contributed by atoms with Crippen molar-refractivity contribution < 1.29 is 4.79 Å². The highest BCUT2D eigenvalue weighted by molar-refractivity contribution is 6.44. The number of hydrogen-bond acceptors (Lipinski definition) is 2. The van der Waals surface area contributed by atoms with E-state index in [1.807, 2.05) is 42.5 Å². The average molecular weight is 462 g/mol. The van der Waals surface area contributed by atoms with Crippen LogP contribution in [0.25, 0.3) is 22.2 Å². The molecule has 29 heavy (non-hydrogen) atoms. The number of carbonyl (C=O) groups excluding carboxylic acids is 1. The van der Waals surface area contributed by atoms with E-state index in [9.17, 15) is 4.79 Å². The van der Waals surface area contributed by atoms with E-state index in [0.29, 0.717) is 42.9 Å². The van der Waals surface area contributed by atoms with Gasteiger partial charge in [0, 0.05) is 16.0 Å². The smallest absolute Gasteiger partial charge is 0.256 e. The van der Waals surface area contributed by atoms with Crippen LogP contribution in [0.15, 0.2) is 66.7 Å². The van der Waals surface area contributed by atoms with Gasteiger partial charge in [-0.15, -0.1) is 0 Å². The molecule has 7 heteroatoms. The zero-order chi connectivity index (χ0) is 20.5. The fourth-order valence-corrected chi connectivity index (χ4v) is 3.80. The maximum Gasteiger partial charge on any atom is 0.256 e. The minimum atomic E-state index is -0.350. The van der Waals surface area contributed by atoms with Gasteiger partial charge in [-0.3, -0.25) is 4.79 Å². The maximum absolute atomic E-state index is 13.1. The molecule has 3 nitrogen and oxygen atoms in total. The van der Waals surface area contributed by atoms with Crippen molar-refractivity contribution in [3.8, 4) is 11.3 Å². The van der Waals surface area contributed by atoms with E-state index >= 15 is 0 Å². The predicted octanol–water partition coefficient (Wildman–Crippen LogP) is 7.77. The Kier molecular flexibility index (Phi) is 5.66. The lowest BCUT2D eigenvalue weighted by Crippen LogP contribution is -2.13. The third kappa shape index (κ3) is 4.05. The number of hydrogen-bond donors (Lipinski definition) is 1. The van der Waals surface area contributed by atoms with Gasteiger partial charge in [0.1, 0.15) is 0 Å². The number of halogens is 4. The summed E-state index contributed by atoms with van der Waals surface area (Å²) in [6, 6.07) is 19.5. The number of anilines is 1. The van der Waals surface area contributed by atoms with Crippen LogP contribution < -0.4 is 5.32 Å². The molecule has 0 fully saturated rings. The van der Waals surface area contributed by atoms with Gasteiger partial charge in [-0.2, -0.15) is 0 Å². The topological polar surface area (TPSA) is 42.0 Å². The lowest BCUT2D eigenvalue weighted by atomic mass is 10.0. The molecule has 0 bridgehead atoms. The first-order valence-electron chi connectivity index (χ1n) is 8.54. The molecule has 3 aromatic carbocycles. The van der Waals surface area contributed by atoms with Crippen LogP contribution in [0, 0.1) is 0 Å². The van der Waals surface area contributed by atoms with E-state index in [2.05, 4.69) is 10.3 Å². The van der Waals surface area contributed by atoms with Crippen LogP contribution in [0.5, 0.6) is 0 Å². The van der Waals surface area contributed by atoms with E-state index in [0.717, 1.165) is 5.56 Å². The SMILES string of the molecule is O=C(Nc1cc(Cl)c(Cl)cc1Cl)c1cc(-c2ccccc2Cl)nc2ccccc12. The number of nitrogens with one attached hydrogen (secondary N) is 1. The summed E-state index contributed by atoms with van der Waals surface area (Å²) in [5, 5.41) is 4.95. The molecule has 0 atom stereocenters. The van der Waals surface area contributed by atoms with E-state index < -0.39 is 0 Å². The van der Waals surface area contributed by atoms with E-state index in [1.54, 1.807) is 12.1 Å². The second-order valence-electron chi connectivity index (χ2n) is 6.25. The van der Waals surface area contributed by atoms with Gasteiger partial charge >= 0.3 is 0 Å². The van der Waals surface area contributed by atoms with Crippen molar-refractivity contribution in [1.29, 1.82) is 0 Å². The molecule has 1 aromatic heterocycles. The summed E-state index contributed by atoms with van der Waals surface area (Å²) in [7, 11) is 0. The standard InChI is InChI=1S/C22H12Cl4N2O/c23-15-7-3-1-6-13(15)20-9-14(12-5-2-4-8-19(12)27-20)22(29)28-21-11-17(25)16(24)10-18(21)26/h1-11H,(H,28,29). The number of nitrogens with zero attached hydrogens (tertiary/aromatic N) is 1. The number of amides is 1. The summed E-state index contributed by atoms with van der Waals surface area (Å²) in [5.74, 6) is -0.350. The summed E-state index contributed by atoms with van der Waals surface area (Å²) >= 11 is 24.6. The van der Waals surface area contributed by atoms with Gasteiger partial charge in [0.05, 0.1) is 37.5 Å². The minimum Gasteiger partial charge on any atom is -0.321 e. The molecule has 0 saturated carbocycles. The Morgan fingerprint density at radius 1 is 0.759 bits per heavy atom. The summed E-state index contributed by atoms with van der Waals surface area (Å²) in [6.07, 6.45) is 0. The molecule has 0 saturated heterocycles. The molecular weight excluding hydrogens is 450 g/mol. The van der Waals surface area contributed by atoms with Crippen LogP contribution in [-0.2, 0) is 0 Å². The number of rotatable bonds is 3. The molecule has 0 radical (unpaired) electrons. The lowest BCUT2D eigenvalue weighted by molar-refractivity contribution is 0.102. The largest absolute Gasteiger partial charge is 0.321 e. The van der Waals surface area contributed by atoms with Gasteiger partial charge in [-0.25, -0.2) is 4.98 Å². The van der Waals surface area contributed by atoms with Crippen molar-refractivity contribution >= 4 is 68.9 Å². The highest BCUT2D eigenvalue weighted by Crippen LogP contribution is 2.34. The normalized spacial score (nSPS) is 10.9. The van der Waals surface area contributed by atoms with Crippen molar-refractivity contribution in [1.82, 2.24) is 4.98 Å². The second-order valence-corrected chi connectivity index (χ2v) is 7.88. The quantitative estimate of drug-likeness (QED) is 0.316. The van der Waals surface area contributed by atoms with Crippen molar-refractivity contribution in [2.24, 2.45) is 0 Å². The third-order valence-electron chi connectivity index (χ3n) is 4.37. The van der Waals surface area contributed by atoms with Gasteiger partial charge in [-0.05, 0) is 30.3 Å². The number of benzene rings is 3. The summed E-state index contributed by atoms with van der Waals surface area (Å²) < 4.78 is 0. The average Bonchev–Trinajstić information content (AvgIpc) is 2.71. The number of pyridine rings is 1. The van der Waals surface area contributed by atoms with Gasteiger partial charge in [0.25, 0.3) is 5.91 Å². The van der Waals surface area contributed by atoms with Gasteiger partial charge in [0.2, 0.25) is 0 Å². The molecule has 0 aliphatic heterocycles. The zero-order valence-corrected chi connectivity index (χ0v) is 17.7. The first kappa shape index (κ1) is 20.0. The highest BCUT2D eigenvalue weighted by Gasteiger charge is 2.17. The molecule has 1 amide bonds. The van der Waals surface area contributed by atoms with E-state index in [4.69, 9.17) is 46.4 Å². The van der Waals surface area contributed by atoms with Crippen LogP contribution in [-0.4, -0.2) is 10.9 Å². The minimum absolute atomic E-state index is 0.289. The molecule has 0 aliphatic rings. The van der Waals surface area contributed by atoms with Crippen molar-refractivity contribution in [3.63, 3.8) is 0 Å². The van der Waals surface area contributed by atoms with E-state index in [-0.39, 0.29) is 10.9 Å². The van der Waals surface area contributed by atoms with Crippen LogP contribution >= 0.6 is 46.4 Å².